The number of halogens is 3. The molecule has 2 aromatic carbocycles. The second-order valence-electron chi connectivity index (χ2n) is 6.64. The molecule has 0 bridgehead atoms. The van der Waals surface area contributed by atoms with Crippen molar-refractivity contribution in [2.75, 3.05) is 30.9 Å². The lowest BCUT2D eigenvalue weighted by Gasteiger charge is -2.24. The van der Waals surface area contributed by atoms with Gasteiger partial charge in [-0.1, -0.05) is 18.2 Å². The number of rotatable bonds is 9. The lowest BCUT2D eigenvalue weighted by atomic mass is 10.1. The van der Waals surface area contributed by atoms with Gasteiger partial charge in [-0.05, 0) is 42.7 Å². The summed E-state index contributed by atoms with van der Waals surface area (Å²) < 4.78 is 40.1. The molecule has 0 saturated carbocycles. The average molecular weight is 453 g/mol. The van der Waals surface area contributed by atoms with E-state index in [1.54, 1.807) is 30.3 Å². The zero-order valence-electron chi connectivity index (χ0n) is 17.0. The van der Waals surface area contributed by atoms with Crippen LogP contribution in [0.2, 0.25) is 0 Å². The Morgan fingerprint density at radius 3 is 2.35 bits per heavy atom. The van der Waals surface area contributed by atoms with Crippen LogP contribution in [0.4, 0.5) is 18.9 Å². The van der Waals surface area contributed by atoms with Gasteiger partial charge in [0.15, 0.2) is 17.5 Å². The Labute approximate surface area is 182 Å². The normalized spacial score (nSPS) is 11.5. The Bertz CT molecular complexity index is 944. The van der Waals surface area contributed by atoms with Crippen LogP contribution < -0.4 is 10.6 Å². The fourth-order valence-electron chi connectivity index (χ4n) is 2.70. The molecule has 6 nitrogen and oxygen atoms in total. The van der Waals surface area contributed by atoms with E-state index in [1.165, 1.54) is 18.8 Å². The highest BCUT2D eigenvalue weighted by atomic mass is 32.2. The Kier molecular flexibility index (Phi) is 8.92. The molecule has 10 heteroatoms. The fraction of sp³-hybridized carbons (Fsp3) is 0.286. The van der Waals surface area contributed by atoms with Crippen molar-refractivity contribution in [3.63, 3.8) is 0 Å². The van der Waals surface area contributed by atoms with Crippen LogP contribution in [-0.2, 0) is 9.59 Å². The number of hydrogen-bond donors (Lipinski definition) is 2. The molecule has 0 aliphatic heterocycles. The van der Waals surface area contributed by atoms with Gasteiger partial charge < -0.3 is 15.5 Å². The number of carbonyl (C=O) groups excluding carboxylic acids is 3. The Balaban J connectivity index is 2.03. The third-order valence-electron chi connectivity index (χ3n) is 4.32. The van der Waals surface area contributed by atoms with Gasteiger partial charge in [0, 0.05) is 12.6 Å². The number of anilines is 1. The highest BCUT2D eigenvalue weighted by Crippen LogP contribution is 2.19. The molecule has 2 rings (SSSR count). The molecule has 1 atom stereocenters. The van der Waals surface area contributed by atoms with Crippen molar-refractivity contribution in [2.24, 2.45) is 0 Å². The number of likely N-dealkylation sites (N-methyl/N-ethyl adjacent to an activating group) is 1. The Hall–Kier alpha value is -3.01. The minimum atomic E-state index is -1.71. The SMILES string of the molecule is CSCC[C@@H](NC(=O)c1ccccc1)C(=O)N(C)CC(=O)Nc1ccc(F)c(F)c1F. The Morgan fingerprint density at radius 1 is 1.03 bits per heavy atom. The zero-order chi connectivity index (χ0) is 23.0. The summed E-state index contributed by atoms with van der Waals surface area (Å²) in [6.07, 6.45) is 2.19. The van der Waals surface area contributed by atoms with Crippen LogP contribution in [0.5, 0.6) is 0 Å². The molecule has 3 amide bonds. The van der Waals surface area contributed by atoms with Crippen LogP contribution in [0.25, 0.3) is 0 Å². The maximum absolute atomic E-state index is 13.7. The molecule has 0 aliphatic rings. The van der Waals surface area contributed by atoms with Crippen molar-refractivity contribution in [1.29, 1.82) is 0 Å². The molecule has 0 aliphatic carbocycles. The van der Waals surface area contributed by atoms with Gasteiger partial charge in [-0.3, -0.25) is 14.4 Å². The van der Waals surface area contributed by atoms with Crippen LogP contribution >= 0.6 is 11.8 Å². The Morgan fingerprint density at radius 2 is 1.71 bits per heavy atom. The first-order chi connectivity index (χ1) is 14.7. The molecule has 0 unspecified atom stereocenters. The molecule has 31 heavy (non-hydrogen) atoms. The van der Waals surface area contributed by atoms with E-state index in [2.05, 4.69) is 10.6 Å². The second-order valence-corrected chi connectivity index (χ2v) is 7.62. The number of nitrogens with zero attached hydrogens (tertiary/aromatic N) is 1. The van der Waals surface area contributed by atoms with Gasteiger partial charge in [0.25, 0.3) is 5.91 Å². The summed E-state index contributed by atoms with van der Waals surface area (Å²) >= 11 is 1.49. The maximum Gasteiger partial charge on any atom is 0.251 e. The van der Waals surface area contributed by atoms with Crippen molar-refractivity contribution < 1.29 is 27.6 Å². The topological polar surface area (TPSA) is 78.5 Å². The predicted molar refractivity (Wildman–Crippen MR) is 113 cm³/mol. The van der Waals surface area contributed by atoms with Crippen LogP contribution in [0.15, 0.2) is 42.5 Å². The minimum absolute atomic E-state index is 0.336. The van der Waals surface area contributed by atoms with Crippen molar-refractivity contribution in [2.45, 2.75) is 12.5 Å². The number of carbonyl (C=O) groups is 3. The summed E-state index contributed by atoms with van der Waals surface area (Å²) in [7, 11) is 1.35. The molecule has 2 N–H and O–H groups in total. The number of thioether (sulfide) groups is 1. The molecule has 0 saturated heterocycles. The number of nitrogens with one attached hydrogen (secondary N) is 2. The first-order valence-corrected chi connectivity index (χ1v) is 10.7. The molecular weight excluding hydrogens is 431 g/mol. The highest BCUT2D eigenvalue weighted by molar-refractivity contribution is 7.98. The summed E-state index contributed by atoms with van der Waals surface area (Å²) in [6.45, 7) is -0.478. The van der Waals surface area contributed by atoms with E-state index in [-0.39, 0.29) is 0 Å². The third-order valence-corrected chi connectivity index (χ3v) is 4.96. The molecule has 0 fully saturated rings. The van der Waals surface area contributed by atoms with Crippen molar-refractivity contribution in [3.05, 3.63) is 65.5 Å². The smallest absolute Gasteiger partial charge is 0.251 e. The second kappa shape index (κ2) is 11.4. The largest absolute Gasteiger partial charge is 0.340 e. The third kappa shape index (κ3) is 6.74. The molecule has 0 aromatic heterocycles. The molecule has 0 radical (unpaired) electrons. The van der Waals surface area contributed by atoms with E-state index in [9.17, 15) is 27.6 Å². The lowest BCUT2D eigenvalue weighted by Crippen LogP contribution is -2.49. The standard InChI is InChI=1S/C21H22F3N3O3S/c1-27(12-17(28)25-15-9-8-14(22)18(23)19(15)24)21(30)16(10-11-31-2)26-20(29)13-6-4-3-5-7-13/h3-9,16H,10-12H2,1-2H3,(H,25,28)(H,26,29)/t16-/m1/s1. The summed E-state index contributed by atoms with van der Waals surface area (Å²) in [5.74, 6) is -5.78. The van der Waals surface area contributed by atoms with Crippen LogP contribution in [0.1, 0.15) is 16.8 Å². The van der Waals surface area contributed by atoms with Gasteiger partial charge in [-0.15, -0.1) is 0 Å². The number of hydrogen-bond acceptors (Lipinski definition) is 4. The summed E-state index contributed by atoms with van der Waals surface area (Å²) in [5, 5.41) is 4.77. The van der Waals surface area contributed by atoms with Gasteiger partial charge in [0.2, 0.25) is 11.8 Å². The highest BCUT2D eigenvalue weighted by Gasteiger charge is 2.26. The zero-order valence-corrected chi connectivity index (χ0v) is 17.8. The monoisotopic (exact) mass is 453 g/mol. The first-order valence-electron chi connectivity index (χ1n) is 9.27. The van der Waals surface area contributed by atoms with Gasteiger partial charge >= 0.3 is 0 Å². The van der Waals surface area contributed by atoms with Gasteiger partial charge in [0.1, 0.15) is 6.04 Å². The number of benzene rings is 2. The van der Waals surface area contributed by atoms with Crippen molar-refractivity contribution in [3.8, 4) is 0 Å². The summed E-state index contributed by atoms with van der Waals surface area (Å²) in [4.78, 5) is 38.5. The maximum atomic E-state index is 13.7. The van der Waals surface area contributed by atoms with E-state index in [1.807, 2.05) is 6.26 Å². The van der Waals surface area contributed by atoms with Gasteiger partial charge in [-0.2, -0.15) is 11.8 Å². The average Bonchev–Trinajstić information content (AvgIpc) is 2.76. The van der Waals surface area contributed by atoms with Crippen LogP contribution in [-0.4, -0.2) is 54.3 Å². The quantitative estimate of drug-likeness (QED) is 0.572. The van der Waals surface area contributed by atoms with Crippen molar-refractivity contribution >= 4 is 35.2 Å². The van der Waals surface area contributed by atoms with E-state index in [0.717, 1.165) is 11.0 Å². The van der Waals surface area contributed by atoms with E-state index in [0.29, 0.717) is 23.8 Å². The molecular formula is C21H22F3N3O3S. The summed E-state index contributed by atoms with van der Waals surface area (Å²) in [5.41, 5.74) is -0.153. The summed E-state index contributed by atoms with van der Waals surface area (Å²) in [6, 6.07) is 9.06. The fourth-order valence-corrected chi connectivity index (χ4v) is 3.17. The molecule has 0 heterocycles. The van der Waals surface area contributed by atoms with Gasteiger partial charge in [-0.25, -0.2) is 13.2 Å². The minimum Gasteiger partial charge on any atom is -0.340 e. The van der Waals surface area contributed by atoms with E-state index in [4.69, 9.17) is 0 Å². The van der Waals surface area contributed by atoms with Crippen LogP contribution in [0.3, 0.4) is 0 Å². The van der Waals surface area contributed by atoms with E-state index >= 15 is 0 Å². The van der Waals surface area contributed by atoms with Gasteiger partial charge in [0.05, 0.1) is 12.2 Å². The van der Waals surface area contributed by atoms with Crippen molar-refractivity contribution in [1.82, 2.24) is 10.2 Å². The predicted octanol–water partition coefficient (Wildman–Crippen LogP) is 3.05. The molecule has 0 spiro atoms. The lowest BCUT2D eigenvalue weighted by molar-refractivity contribution is -0.135. The van der Waals surface area contributed by atoms with Crippen LogP contribution in [0, 0.1) is 17.5 Å². The molecule has 2 aromatic rings. The number of amides is 3. The van der Waals surface area contributed by atoms with E-state index < -0.39 is 53.4 Å². The molecule has 166 valence electrons. The first kappa shape index (κ1) is 24.3.